The Kier molecular flexibility index (Phi) is 15.9. The van der Waals surface area contributed by atoms with E-state index in [0.29, 0.717) is 0 Å². The van der Waals surface area contributed by atoms with E-state index in [0.717, 1.165) is 56.5 Å². The minimum atomic E-state index is -6.00. The average Bonchev–Trinajstić information content (AvgIpc) is 2.96. The average molecular weight is 721 g/mol. The van der Waals surface area contributed by atoms with Crippen molar-refractivity contribution >= 4 is 63.7 Å². The Morgan fingerprint density at radius 2 is 0.812 bits per heavy atom. The van der Waals surface area contributed by atoms with Crippen LogP contribution >= 0.6 is 0 Å². The fourth-order valence-corrected chi connectivity index (χ4v) is 4.67. The summed E-state index contributed by atoms with van der Waals surface area (Å²) in [5.41, 5.74) is 5.90. The first-order chi connectivity index (χ1) is 21.8. The van der Waals surface area contributed by atoms with Crippen molar-refractivity contribution in [1.82, 2.24) is 29.6 Å². The van der Waals surface area contributed by atoms with Gasteiger partial charge in [0.05, 0.1) is 22.4 Å². The fourth-order valence-electron chi connectivity index (χ4n) is 4.67. The first-order valence-electron chi connectivity index (χ1n) is 14.7. The van der Waals surface area contributed by atoms with Gasteiger partial charge in [-0.2, -0.15) is 0 Å². The molecule has 0 saturated heterocycles. The van der Waals surface area contributed by atoms with Crippen LogP contribution in [0.3, 0.4) is 0 Å². The molecule has 0 saturated carbocycles. The van der Waals surface area contributed by atoms with E-state index in [1.54, 1.807) is 0 Å². The molecule has 48 heavy (non-hydrogen) atoms. The van der Waals surface area contributed by atoms with Crippen LogP contribution in [0.5, 0.6) is 0 Å². The van der Waals surface area contributed by atoms with E-state index >= 15 is 0 Å². The summed E-state index contributed by atoms with van der Waals surface area (Å²) in [6.07, 6.45) is 3.67. The molecular formula is C32H46BCuF4N10. The van der Waals surface area contributed by atoms with Crippen LogP contribution in [-0.4, -0.2) is 133 Å². The molecule has 0 atom stereocenters. The number of rotatable bonds is 4. The van der Waals surface area contributed by atoms with Gasteiger partial charge in [-0.3, -0.25) is 9.97 Å². The van der Waals surface area contributed by atoms with Crippen molar-refractivity contribution in [2.24, 2.45) is 9.98 Å². The molecule has 0 bridgehead atoms. The first kappa shape index (κ1) is 41.7. The van der Waals surface area contributed by atoms with Gasteiger partial charge < -0.3 is 46.7 Å². The van der Waals surface area contributed by atoms with Gasteiger partial charge >= 0.3 is 24.3 Å². The van der Waals surface area contributed by atoms with Crippen LogP contribution < -0.4 is 9.80 Å². The summed E-state index contributed by atoms with van der Waals surface area (Å²) in [6.45, 7) is 0. The number of nitrogens with zero attached hydrogens (tertiary/aromatic N) is 10. The normalized spacial score (nSPS) is 10.3. The number of hydrogen-bond donors (Lipinski definition) is 0. The van der Waals surface area contributed by atoms with E-state index in [9.17, 15) is 17.3 Å². The second-order valence-corrected chi connectivity index (χ2v) is 11.7. The van der Waals surface area contributed by atoms with Gasteiger partial charge in [0.2, 0.25) is 11.9 Å². The SMILES string of the molecule is CN(C)C(=Nc1cccc2c(N(C)C)ccnc12)N(C)C.CN(C)C(=Nc1cccc2c(N(C)C)ccnc12)N(C)C.F[B-](F)(F)F.[Cu+]. The zero-order valence-electron chi connectivity index (χ0n) is 29.6. The van der Waals surface area contributed by atoms with E-state index in [2.05, 4.69) is 31.9 Å². The van der Waals surface area contributed by atoms with Gasteiger partial charge in [-0.05, 0) is 24.3 Å². The maximum absolute atomic E-state index is 9.75. The van der Waals surface area contributed by atoms with Crippen LogP contribution in [0.15, 0.2) is 70.9 Å². The molecule has 0 spiro atoms. The molecule has 0 amide bonds. The number of anilines is 2. The van der Waals surface area contributed by atoms with E-state index in [1.807, 2.05) is 153 Å². The van der Waals surface area contributed by atoms with Crippen LogP contribution in [0.2, 0.25) is 0 Å². The molecule has 2 aromatic heterocycles. The first-order valence-corrected chi connectivity index (χ1v) is 14.7. The van der Waals surface area contributed by atoms with Gasteiger partial charge in [0, 0.05) is 119 Å². The zero-order valence-corrected chi connectivity index (χ0v) is 30.6. The molecule has 10 nitrogen and oxygen atoms in total. The number of guanidine groups is 2. The van der Waals surface area contributed by atoms with Gasteiger partial charge in [-0.1, -0.05) is 24.3 Å². The second kappa shape index (κ2) is 18.3. The maximum atomic E-state index is 9.75. The molecule has 0 aliphatic rings. The second-order valence-electron chi connectivity index (χ2n) is 11.7. The van der Waals surface area contributed by atoms with E-state index in [-0.39, 0.29) is 17.1 Å². The standard InChI is InChI=1S/2C16H23N5.BF4.Cu/c2*1-19(2)14-10-11-17-15-12(14)8-7-9-13(15)18-16(20(3)4)21(5)6;2-1(3,4)5;/h2*7-11H,1-6H3;;/q;;-1;+1. The molecule has 0 fully saturated rings. The minimum absolute atomic E-state index is 0. The van der Waals surface area contributed by atoms with Gasteiger partial charge in [0.1, 0.15) is 0 Å². The number of fused-ring (bicyclic) bond motifs is 2. The Balaban J connectivity index is 0.000000413. The molecule has 2 aromatic carbocycles. The molecule has 4 aromatic rings. The molecule has 16 heteroatoms. The third kappa shape index (κ3) is 12.1. The monoisotopic (exact) mass is 720 g/mol. The number of aliphatic imine (C=N–C) groups is 2. The van der Waals surface area contributed by atoms with Gasteiger partial charge in [0.15, 0.2) is 0 Å². The molecule has 0 unspecified atom stereocenters. The van der Waals surface area contributed by atoms with Crippen molar-refractivity contribution in [3.63, 3.8) is 0 Å². The zero-order chi connectivity index (χ0) is 35.6. The van der Waals surface area contributed by atoms with Crippen molar-refractivity contribution in [1.29, 1.82) is 0 Å². The summed E-state index contributed by atoms with van der Waals surface area (Å²) < 4.78 is 39.0. The van der Waals surface area contributed by atoms with Crippen LogP contribution in [0.25, 0.3) is 21.8 Å². The van der Waals surface area contributed by atoms with Crippen molar-refractivity contribution in [3.05, 3.63) is 60.9 Å². The topological polar surface area (TPSA) is 69.9 Å². The summed E-state index contributed by atoms with van der Waals surface area (Å²) in [4.78, 5) is 30.8. The number of para-hydroxylation sites is 2. The molecule has 2 heterocycles. The minimum Gasteiger partial charge on any atom is -0.418 e. The third-order valence-electron chi connectivity index (χ3n) is 6.46. The van der Waals surface area contributed by atoms with Crippen molar-refractivity contribution in [2.45, 2.75) is 0 Å². The quantitative estimate of drug-likeness (QED) is 0.108. The van der Waals surface area contributed by atoms with E-state index < -0.39 is 7.25 Å². The Morgan fingerprint density at radius 1 is 0.521 bits per heavy atom. The van der Waals surface area contributed by atoms with Crippen LogP contribution in [0.1, 0.15) is 0 Å². The molecule has 4 rings (SSSR count). The van der Waals surface area contributed by atoms with Crippen LogP contribution in [0.4, 0.5) is 40.0 Å². The van der Waals surface area contributed by atoms with Gasteiger partial charge in [0.25, 0.3) is 0 Å². The van der Waals surface area contributed by atoms with Crippen molar-refractivity contribution < 1.29 is 34.3 Å². The van der Waals surface area contributed by atoms with Crippen molar-refractivity contribution in [3.8, 4) is 0 Å². The summed E-state index contributed by atoms with van der Waals surface area (Å²) >= 11 is 0. The van der Waals surface area contributed by atoms with Crippen LogP contribution in [-0.2, 0) is 17.1 Å². The van der Waals surface area contributed by atoms with Gasteiger partial charge in [-0.25, -0.2) is 9.98 Å². The molecular weight excluding hydrogens is 675 g/mol. The van der Waals surface area contributed by atoms with Crippen molar-refractivity contribution in [2.75, 3.05) is 94.4 Å². The molecule has 0 N–H and O–H groups in total. The number of benzene rings is 2. The van der Waals surface area contributed by atoms with E-state index in [1.165, 1.54) is 0 Å². The molecule has 0 aliphatic heterocycles. The predicted octanol–water partition coefficient (Wildman–Crippen LogP) is 6.12. The Hall–Kier alpha value is -4.30. The Bertz CT molecular complexity index is 1530. The Morgan fingerprint density at radius 3 is 1.06 bits per heavy atom. The summed E-state index contributed by atoms with van der Waals surface area (Å²) in [7, 11) is 18.1. The summed E-state index contributed by atoms with van der Waals surface area (Å²) in [5.74, 6) is 1.78. The largest absolute Gasteiger partial charge is 1.00 e. The van der Waals surface area contributed by atoms with E-state index in [4.69, 9.17) is 9.98 Å². The number of hydrogen-bond acceptors (Lipinski definition) is 6. The fraction of sp³-hybridized carbons (Fsp3) is 0.375. The summed E-state index contributed by atoms with van der Waals surface area (Å²) in [6, 6.07) is 16.3. The third-order valence-corrected chi connectivity index (χ3v) is 6.46. The molecule has 0 aliphatic carbocycles. The van der Waals surface area contributed by atoms with Gasteiger partial charge in [-0.15, -0.1) is 0 Å². The molecule has 266 valence electrons. The smallest absolute Gasteiger partial charge is 0.418 e. The predicted molar refractivity (Wildman–Crippen MR) is 191 cm³/mol. The molecule has 0 radical (unpaired) electrons. The number of pyridine rings is 2. The number of aromatic nitrogens is 2. The van der Waals surface area contributed by atoms with Crippen LogP contribution in [0, 0.1) is 0 Å². The maximum Gasteiger partial charge on any atom is 1.00 e. The Labute approximate surface area is 292 Å². The number of halogens is 4. The summed E-state index contributed by atoms with van der Waals surface area (Å²) in [5, 5.41) is 2.22.